The second-order valence-electron chi connectivity index (χ2n) is 16.2. The second kappa shape index (κ2) is 13.0. The van der Waals surface area contributed by atoms with Gasteiger partial charge in [0.25, 0.3) is 0 Å². The highest BCUT2D eigenvalue weighted by atomic mass is 15.0. The van der Waals surface area contributed by atoms with Gasteiger partial charge in [0.15, 0.2) is 17.5 Å². The molecule has 13 rings (SSSR count). The molecule has 0 fully saturated rings. The molecule has 0 radical (unpaired) electrons. The molecule has 3 heteroatoms. The van der Waals surface area contributed by atoms with Crippen LogP contribution in [0.25, 0.3) is 99.9 Å². The lowest BCUT2D eigenvalue weighted by Gasteiger charge is -2.30. The third kappa shape index (κ3) is 4.83. The van der Waals surface area contributed by atoms with Gasteiger partial charge in [-0.25, -0.2) is 15.0 Å². The van der Waals surface area contributed by atoms with Crippen LogP contribution in [0.3, 0.4) is 0 Å². The maximum absolute atomic E-state index is 5.09. The van der Waals surface area contributed by atoms with Gasteiger partial charge < -0.3 is 0 Å². The smallest absolute Gasteiger partial charge is 0.164 e. The Balaban J connectivity index is 1.03. The number of hydrogen-bond donors (Lipinski definition) is 0. The summed E-state index contributed by atoms with van der Waals surface area (Å²) in [5, 5.41) is 7.25. The Morgan fingerprint density at radius 1 is 0.246 bits per heavy atom. The molecule has 10 aromatic carbocycles. The summed E-state index contributed by atoms with van der Waals surface area (Å²) in [5.74, 6) is 1.96. The van der Waals surface area contributed by atoms with Crippen molar-refractivity contribution in [2.75, 3.05) is 0 Å². The molecule has 11 aromatic rings. The van der Waals surface area contributed by atoms with Crippen LogP contribution in [0, 0.1) is 0 Å². The summed E-state index contributed by atoms with van der Waals surface area (Å²) in [5.41, 5.74) is 15.6. The fraction of sp³-hybridized carbons (Fsp3) is 0.0172. The van der Waals surface area contributed by atoms with E-state index in [9.17, 15) is 0 Å². The van der Waals surface area contributed by atoms with Crippen molar-refractivity contribution in [3.63, 3.8) is 0 Å². The molecule has 0 bridgehead atoms. The van der Waals surface area contributed by atoms with Crippen molar-refractivity contribution in [3.05, 3.63) is 235 Å². The predicted octanol–water partition coefficient (Wildman–Crippen LogP) is 14.3. The fourth-order valence-electron chi connectivity index (χ4n) is 10.6. The minimum absolute atomic E-state index is 0.388. The Labute approximate surface area is 353 Å². The monoisotopic (exact) mass is 773 g/mol. The third-order valence-corrected chi connectivity index (χ3v) is 13.1. The molecular weight excluding hydrogens is 739 g/mol. The number of benzene rings is 10. The van der Waals surface area contributed by atoms with E-state index >= 15 is 0 Å². The molecule has 2 aliphatic carbocycles. The molecule has 3 nitrogen and oxygen atoms in total. The summed E-state index contributed by atoms with van der Waals surface area (Å²) in [6.45, 7) is 0. The van der Waals surface area contributed by atoms with E-state index in [-0.39, 0.29) is 5.41 Å². The lowest BCUT2D eigenvalue weighted by atomic mass is 9.70. The molecule has 282 valence electrons. The van der Waals surface area contributed by atoms with E-state index in [1.54, 1.807) is 0 Å². The van der Waals surface area contributed by atoms with Crippen LogP contribution in [0.2, 0.25) is 0 Å². The highest BCUT2D eigenvalue weighted by Crippen LogP contribution is 2.64. The first-order chi connectivity index (χ1) is 30.3. The molecule has 0 atom stereocenters. The number of nitrogens with zero attached hydrogens (tertiary/aromatic N) is 3. The first-order valence-corrected chi connectivity index (χ1v) is 20.9. The fourth-order valence-corrected chi connectivity index (χ4v) is 10.6. The first kappa shape index (κ1) is 33.9. The topological polar surface area (TPSA) is 38.7 Å². The van der Waals surface area contributed by atoms with E-state index in [0.717, 1.165) is 16.7 Å². The molecule has 0 N–H and O–H groups in total. The van der Waals surface area contributed by atoms with Crippen molar-refractivity contribution in [2.24, 2.45) is 0 Å². The van der Waals surface area contributed by atoms with Crippen LogP contribution in [-0.2, 0) is 5.41 Å². The molecule has 1 spiro atoms. The van der Waals surface area contributed by atoms with Crippen LogP contribution in [-0.4, -0.2) is 15.0 Å². The summed E-state index contributed by atoms with van der Waals surface area (Å²) >= 11 is 0. The van der Waals surface area contributed by atoms with Gasteiger partial charge in [-0.2, -0.15) is 0 Å². The van der Waals surface area contributed by atoms with E-state index in [1.807, 2.05) is 36.4 Å². The molecule has 61 heavy (non-hydrogen) atoms. The summed E-state index contributed by atoms with van der Waals surface area (Å²) in [7, 11) is 0. The summed E-state index contributed by atoms with van der Waals surface area (Å²) in [4.78, 5) is 15.1. The van der Waals surface area contributed by atoms with Gasteiger partial charge in [-0.05, 0) is 100 Å². The van der Waals surface area contributed by atoms with Crippen molar-refractivity contribution < 1.29 is 0 Å². The van der Waals surface area contributed by atoms with Crippen LogP contribution in [0.5, 0.6) is 0 Å². The third-order valence-electron chi connectivity index (χ3n) is 13.1. The van der Waals surface area contributed by atoms with Gasteiger partial charge in [-0.15, -0.1) is 0 Å². The van der Waals surface area contributed by atoms with Gasteiger partial charge >= 0.3 is 0 Å². The Hall–Kier alpha value is -8.01. The molecule has 1 aromatic heterocycles. The zero-order valence-electron chi connectivity index (χ0n) is 33.0. The average Bonchev–Trinajstić information content (AvgIpc) is 3.82. The van der Waals surface area contributed by atoms with E-state index < -0.39 is 0 Å². The standard InChI is InChI=1S/C58H35N3/c1-3-16-36(17-4-1)55-59-56(37-18-5-2-6-19-37)61-57(60-55)39-31-33-43-41-20-7-8-21-42(41)48-34-38(30-32-44(48)49(43)35-39)40-25-15-29-53-54(40)47-24-11-14-28-52(47)58(53)50-26-12-9-22-45(50)46-23-10-13-27-51(46)58/h1-35H. The SMILES string of the molecule is c1ccc(-c2nc(-c3ccccc3)nc(-c3ccc4c5ccccc5c5cc(-c6cccc7c6-c6ccccc6C76c7ccccc7-c7ccccc76)ccc5c4c3)n2)cc1. The maximum Gasteiger partial charge on any atom is 0.164 e. The summed E-state index contributed by atoms with van der Waals surface area (Å²) < 4.78 is 0. The van der Waals surface area contributed by atoms with Crippen molar-refractivity contribution in [1.82, 2.24) is 15.0 Å². The van der Waals surface area contributed by atoms with Gasteiger partial charge in [0, 0.05) is 16.7 Å². The molecule has 2 aliphatic rings. The highest BCUT2D eigenvalue weighted by molar-refractivity contribution is 6.26. The zero-order chi connectivity index (χ0) is 40.1. The van der Waals surface area contributed by atoms with Gasteiger partial charge in [-0.1, -0.05) is 200 Å². The van der Waals surface area contributed by atoms with Crippen molar-refractivity contribution in [1.29, 1.82) is 0 Å². The Morgan fingerprint density at radius 2 is 0.639 bits per heavy atom. The molecule has 0 amide bonds. The highest BCUT2D eigenvalue weighted by Gasteiger charge is 2.51. The van der Waals surface area contributed by atoms with Gasteiger partial charge in [0.2, 0.25) is 0 Å². The van der Waals surface area contributed by atoms with Crippen LogP contribution in [0.4, 0.5) is 0 Å². The van der Waals surface area contributed by atoms with Crippen molar-refractivity contribution in [2.45, 2.75) is 5.41 Å². The molecule has 0 saturated heterocycles. The largest absolute Gasteiger partial charge is 0.208 e. The summed E-state index contributed by atoms with van der Waals surface area (Å²) in [6.07, 6.45) is 0. The number of hydrogen-bond acceptors (Lipinski definition) is 3. The maximum atomic E-state index is 5.09. The quantitative estimate of drug-likeness (QED) is 0.167. The van der Waals surface area contributed by atoms with Crippen LogP contribution < -0.4 is 0 Å². The summed E-state index contributed by atoms with van der Waals surface area (Å²) in [6, 6.07) is 77.0. The average molecular weight is 774 g/mol. The van der Waals surface area contributed by atoms with Crippen LogP contribution in [0.1, 0.15) is 22.3 Å². The Bertz CT molecular complexity index is 3490. The van der Waals surface area contributed by atoms with Crippen molar-refractivity contribution >= 4 is 32.3 Å². The van der Waals surface area contributed by atoms with Gasteiger partial charge in [0.1, 0.15) is 0 Å². The zero-order valence-corrected chi connectivity index (χ0v) is 33.0. The van der Waals surface area contributed by atoms with E-state index in [2.05, 4.69) is 176 Å². The first-order valence-electron chi connectivity index (χ1n) is 20.9. The lowest BCUT2D eigenvalue weighted by Crippen LogP contribution is -2.25. The molecular formula is C58H35N3. The van der Waals surface area contributed by atoms with Crippen molar-refractivity contribution in [3.8, 4) is 67.5 Å². The minimum atomic E-state index is -0.388. The molecule has 1 heterocycles. The van der Waals surface area contributed by atoms with Crippen LogP contribution in [0.15, 0.2) is 212 Å². The number of fused-ring (bicyclic) bond motifs is 16. The Morgan fingerprint density at radius 3 is 1.25 bits per heavy atom. The minimum Gasteiger partial charge on any atom is -0.208 e. The van der Waals surface area contributed by atoms with E-state index in [0.29, 0.717) is 17.5 Å². The molecule has 0 unspecified atom stereocenters. The van der Waals surface area contributed by atoms with Gasteiger partial charge in [0.05, 0.1) is 5.41 Å². The number of aromatic nitrogens is 3. The van der Waals surface area contributed by atoms with Crippen LogP contribution >= 0.6 is 0 Å². The normalized spacial score (nSPS) is 13.0. The molecule has 0 aliphatic heterocycles. The van der Waals surface area contributed by atoms with Gasteiger partial charge in [-0.3, -0.25) is 0 Å². The Kier molecular flexibility index (Phi) is 7.22. The van der Waals surface area contributed by atoms with E-state index in [1.165, 1.54) is 88.0 Å². The lowest BCUT2D eigenvalue weighted by molar-refractivity contribution is 0.794. The number of rotatable bonds is 4. The predicted molar refractivity (Wildman–Crippen MR) is 250 cm³/mol. The van der Waals surface area contributed by atoms with E-state index in [4.69, 9.17) is 15.0 Å². The second-order valence-corrected chi connectivity index (χ2v) is 16.2. The molecule has 0 saturated carbocycles.